The molecule has 8 heteroatoms. The first-order valence-corrected chi connectivity index (χ1v) is 11.4. The van der Waals surface area contributed by atoms with Gasteiger partial charge in [0.25, 0.3) is 0 Å². The Morgan fingerprint density at radius 2 is 1.16 bits per heavy atom. The Morgan fingerprint density at radius 1 is 0.710 bits per heavy atom. The van der Waals surface area contributed by atoms with Crippen molar-refractivity contribution in [1.82, 2.24) is 0 Å². The van der Waals surface area contributed by atoms with Crippen molar-refractivity contribution in [2.45, 2.75) is 84.2 Å². The van der Waals surface area contributed by atoms with E-state index in [0.29, 0.717) is 38.1 Å². The lowest BCUT2D eigenvalue weighted by Crippen LogP contribution is -2.40. The van der Waals surface area contributed by atoms with E-state index in [2.05, 4.69) is 18.6 Å². The molecule has 0 radical (unpaired) electrons. The van der Waals surface area contributed by atoms with Crippen LogP contribution < -0.4 is 0 Å². The molecule has 186 valence electrons. The molecule has 1 N–H and O–H groups in total. The van der Waals surface area contributed by atoms with Crippen LogP contribution in [0.4, 0.5) is 8.78 Å². The van der Waals surface area contributed by atoms with Crippen LogP contribution in [0.5, 0.6) is 0 Å². The van der Waals surface area contributed by atoms with E-state index in [9.17, 15) is 13.9 Å². The molecule has 0 aromatic heterocycles. The third kappa shape index (κ3) is 8.16. The van der Waals surface area contributed by atoms with Gasteiger partial charge in [-0.15, -0.1) is 0 Å². The van der Waals surface area contributed by atoms with Crippen molar-refractivity contribution >= 4 is 0 Å². The fourth-order valence-electron chi connectivity index (χ4n) is 3.86. The molecule has 3 aliphatic heterocycles. The van der Waals surface area contributed by atoms with Crippen LogP contribution in [0, 0.1) is 17.8 Å². The SMILES string of the molecule is CC(C)C1(O)CCOC1.CC(C)C1(OC(F)F)CCOC1.COC1(C(C)C)CCOC1. The summed E-state index contributed by atoms with van der Waals surface area (Å²) >= 11 is 0. The summed E-state index contributed by atoms with van der Waals surface area (Å²) in [7, 11) is 1.77. The van der Waals surface area contributed by atoms with Crippen LogP contribution in [0.1, 0.15) is 60.8 Å². The summed E-state index contributed by atoms with van der Waals surface area (Å²) < 4.78 is 49.5. The predicted molar refractivity (Wildman–Crippen MR) is 115 cm³/mol. The number of hydrogen-bond acceptors (Lipinski definition) is 6. The monoisotopic (exact) mass is 454 g/mol. The Morgan fingerprint density at radius 3 is 1.39 bits per heavy atom. The van der Waals surface area contributed by atoms with Gasteiger partial charge in [-0.25, -0.2) is 0 Å². The highest BCUT2D eigenvalue weighted by atomic mass is 19.3. The number of halogens is 2. The predicted octanol–water partition coefficient (Wildman–Crippen LogP) is 4.28. The first-order valence-electron chi connectivity index (χ1n) is 11.4. The molecule has 3 fully saturated rings. The highest BCUT2D eigenvalue weighted by Gasteiger charge is 2.41. The van der Waals surface area contributed by atoms with Gasteiger partial charge in [0.1, 0.15) is 5.60 Å². The minimum atomic E-state index is -2.70. The van der Waals surface area contributed by atoms with Crippen molar-refractivity contribution in [3.05, 3.63) is 0 Å². The second kappa shape index (κ2) is 12.8. The highest BCUT2D eigenvalue weighted by Crippen LogP contribution is 2.33. The quantitative estimate of drug-likeness (QED) is 0.646. The van der Waals surface area contributed by atoms with Gasteiger partial charge in [-0.3, -0.25) is 0 Å². The molecule has 0 aliphatic carbocycles. The maximum Gasteiger partial charge on any atom is 0.345 e. The number of ether oxygens (including phenoxy) is 5. The fourth-order valence-corrected chi connectivity index (χ4v) is 3.86. The van der Waals surface area contributed by atoms with Gasteiger partial charge in [0, 0.05) is 46.2 Å². The van der Waals surface area contributed by atoms with E-state index in [1.807, 2.05) is 27.7 Å². The first-order chi connectivity index (χ1) is 14.4. The Bertz CT molecular complexity index is 480. The molecule has 3 aliphatic rings. The molecule has 3 rings (SSSR count). The summed E-state index contributed by atoms with van der Waals surface area (Å²) in [6, 6.07) is 0. The molecule has 0 amide bonds. The second-order valence-corrected chi connectivity index (χ2v) is 9.69. The molecule has 0 aromatic carbocycles. The van der Waals surface area contributed by atoms with Gasteiger partial charge < -0.3 is 28.8 Å². The number of hydrogen-bond donors (Lipinski definition) is 1. The number of aliphatic hydroxyl groups is 1. The molecule has 3 unspecified atom stereocenters. The van der Waals surface area contributed by atoms with E-state index in [0.717, 1.165) is 26.1 Å². The highest BCUT2D eigenvalue weighted by molar-refractivity contribution is 4.88. The zero-order chi connectivity index (χ0) is 23.7. The normalized spacial score (nSPS) is 33.1. The van der Waals surface area contributed by atoms with E-state index in [1.54, 1.807) is 7.11 Å². The zero-order valence-electron chi connectivity index (χ0n) is 20.4. The van der Waals surface area contributed by atoms with Gasteiger partial charge in [-0.2, -0.15) is 8.78 Å². The summed E-state index contributed by atoms with van der Waals surface area (Å²) in [6.07, 6.45) is 2.40. The van der Waals surface area contributed by atoms with E-state index in [-0.39, 0.29) is 18.1 Å². The van der Waals surface area contributed by atoms with Crippen molar-refractivity contribution in [2.24, 2.45) is 17.8 Å². The lowest BCUT2D eigenvalue weighted by Gasteiger charge is -2.31. The van der Waals surface area contributed by atoms with Crippen LogP contribution in [0.25, 0.3) is 0 Å². The van der Waals surface area contributed by atoms with E-state index >= 15 is 0 Å². The van der Waals surface area contributed by atoms with Crippen LogP contribution in [0.15, 0.2) is 0 Å². The van der Waals surface area contributed by atoms with Gasteiger partial charge in [0.2, 0.25) is 0 Å². The molecule has 3 heterocycles. The summed E-state index contributed by atoms with van der Waals surface area (Å²) in [5.74, 6) is 0.939. The average molecular weight is 455 g/mol. The summed E-state index contributed by atoms with van der Waals surface area (Å²) in [4.78, 5) is 0. The molecule has 3 saturated heterocycles. The topological polar surface area (TPSA) is 66.4 Å². The van der Waals surface area contributed by atoms with Crippen LogP contribution in [-0.2, 0) is 23.7 Å². The van der Waals surface area contributed by atoms with Crippen molar-refractivity contribution in [3.8, 4) is 0 Å². The van der Waals surface area contributed by atoms with Gasteiger partial charge >= 0.3 is 6.61 Å². The number of alkyl halides is 2. The Labute approximate surface area is 186 Å². The van der Waals surface area contributed by atoms with Gasteiger partial charge in [0.05, 0.1) is 31.0 Å². The minimum Gasteiger partial charge on any atom is -0.387 e. The summed E-state index contributed by atoms with van der Waals surface area (Å²) in [5.41, 5.74) is -1.27. The lowest BCUT2D eigenvalue weighted by molar-refractivity contribution is -0.222. The van der Waals surface area contributed by atoms with Crippen molar-refractivity contribution in [2.75, 3.05) is 46.8 Å². The molecule has 0 aromatic rings. The smallest absolute Gasteiger partial charge is 0.345 e. The van der Waals surface area contributed by atoms with E-state index in [4.69, 9.17) is 18.9 Å². The Balaban J connectivity index is 0.000000235. The second-order valence-electron chi connectivity index (χ2n) is 9.69. The van der Waals surface area contributed by atoms with Gasteiger partial charge in [-0.05, 0) is 17.8 Å². The van der Waals surface area contributed by atoms with Crippen molar-refractivity contribution < 1.29 is 37.6 Å². The first kappa shape index (κ1) is 28.7. The Kier molecular flexibility index (Phi) is 11.8. The summed E-state index contributed by atoms with van der Waals surface area (Å²) in [5, 5.41) is 9.64. The molecule has 0 saturated carbocycles. The van der Waals surface area contributed by atoms with Crippen LogP contribution >= 0.6 is 0 Å². The number of methoxy groups -OCH3 is 1. The lowest BCUT2D eigenvalue weighted by atomic mass is 9.89. The molecule has 0 spiro atoms. The largest absolute Gasteiger partial charge is 0.387 e. The maximum atomic E-state index is 12.0. The summed E-state index contributed by atoms with van der Waals surface area (Å²) in [6.45, 7) is 13.1. The van der Waals surface area contributed by atoms with Gasteiger partial charge in [-0.1, -0.05) is 41.5 Å². The van der Waals surface area contributed by atoms with Crippen LogP contribution in [0.3, 0.4) is 0 Å². The third-order valence-electron chi connectivity index (χ3n) is 6.97. The van der Waals surface area contributed by atoms with E-state index in [1.165, 1.54) is 0 Å². The van der Waals surface area contributed by atoms with Crippen molar-refractivity contribution in [3.63, 3.8) is 0 Å². The minimum absolute atomic E-state index is 0.0139. The fraction of sp³-hybridized carbons (Fsp3) is 1.00. The van der Waals surface area contributed by atoms with Crippen LogP contribution in [0.2, 0.25) is 0 Å². The molecule has 6 nitrogen and oxygen atoms in total. The molecule has 3 atom stereocenters. The average Bonchev–Trinajstić information content (AvgIpc) is 3.44. The van der Waals surface area contributed by atoms with Crippen molar-refractivity contribution in [1.29, 1.82) is 0 Å². The Hall–Kier alpha value is -0.380. The molecular weight excluding hydrogens is 410 g/mol. The van der Waals surface area contributed by atoms with Crippen LogP contribution in [-0.4, -0.2) is 75.3 Å². The van der Waals surface area contributed by atoms with E-state index < -0.39 is 17.8 Å². The molecule has 31 heavy (non-hydrogen) atoms. The zero-order valence-corrected chi connectivity index (χ0v) is 20.4. The molecular formula is C23H44F2O6. The third-order valence-corrected chi connectivity index (χ3v) is 6.97. The number of rotatable bonds is 6. The standard InChI is InChI=1S/C8H14F2O2.C8H16O2.C7H14O2/c1-6(2)8(12-7(9)10)3-4-11-5-8;1-7(2)8(9-3)4-5-10-6-8;1-6(2)7(8)3-4-9-5-7/h6-7H,3-5H2,1-2H3;7H,4-6H2,1-3H3;6,8H,3-5H2,1-2H3. The molecule has 0 bridgehead atoms. The maximum absolute atomic E-state index is 12.0. The van der Waals surface area contributed by atoms with Gasteiger partial charge in [0.15, 0.2) is 0 Å².